The first-order chi connectivity index (χ1) is 10.7. The van der Waals surface area contributed by atoms with Crippen molar-refractivity contribution in [3.8, 4) is 0 Å². The first kappa shape index (κ1) is 12.6. The minimum atomic E-state index is -0.120. The molecule has 3 aromatic rings. The first-order valence-electron chi connectivity index (χ1n) is 7.03. The van der Waals surface area contributed by atoms with E-state index in [1.165, 1.54) is 5.56 Å². The summed E-state index contributed by atoms with van der Waals surface area (Å²) in [5, 5.41) is 6.05. The number of hydrogen-bond acceptors (Lipinski definition) is 3. The van der Waals surface area contributed by atoms with Crippen molar-refractivity contribution in [2.45, 2.75) is 6.92 Å². The second-order valence-corrected chi connectivity index (χ2v) is 5.31. The van der Waals surface area contributed by atoms with Gasteiger partial charge in [-0.3, -0.25) is 4.79 Å². The lowest BCUT2D eigenvalue weighted by molar-refractivity contribution is -0.110. The number of nitrogens with zero attached hydrogens (tertiary/aromatic N) is 1. The van der Waals surface area contributed by atoms with E-state index in [4.69, 9.17) is 0 Å². The molecule has 1 aliphatic heterocycles. The molecule has 1 aliphatic rings. The van der Waals surface area contributed by atoms with Crippen molar-refractivity contribution in [1.82, 2.24) is 9.97 Å². The minimum Gasteiger partial charge on any atom is -0.361 e. The molecule has 0 fully saturated rings. The average Bonchev–Trinajstić information content (AvgIpc) is 3.10. The molecule has 0 bridgehead atoms. The number of H-pyrrole nitrogens is 1. The molecular weight excluding hydrogens is 276 g/mol. The van der Waals surface area contributed by atoms with Crippen molar-refractivity contribution in [2.75, 3.05) is 10.6 Å². The summed E-state index contributed by atoms with van der Waals surface area (Å²) in [4.78, 5) is 19.6. The van der Waals surface area contributed by atoms with Crippen LogP contribution in [0.25, 0.3) is 16.6 Å². The van der Waals surface area contributed by atoms with Crippen LogP contribution in [0, 0.1) is 6.92 Å². The number of aromatic amines is 1. The summed E-state index contributed by atoms with van der Waals surface area (Å²) in [5.74, 6) is -0.120. The van der Waals surface area contributed by atoms with Gasteiger partial charge in [-0.15, -0.1) is 0 Å². The van der Waals surface area contributed by atoms with Crippen molar-refractivity contribution in [3.05, 3.63) is 60.1 Å². The number of aryl methyl sites for hydroxylation is 1. The summed E-state index contributed by atoms with van der Waals surface area (Å²) >= 11 is 0. The predicted molar refractivity (Wildman–Crippen MR) is 87.5 cm³/mol. The third-order valence-corrected chi connectivity index (χ3v) is 3.79. The quantitative estimate of drug-likeness (QED) is 0.634. The molecule has 5 heteroatoms. The molecule has 0 saturated heterocycles. The van der Waals surface area contributed by atoms with Gasteiger partial charge >= 0.3 is 0 Å². The topological polar surface area (TPSA) is 69.8 Å². The van der Waals surface area contributed by atoms with Crippen molar-refractivity contribution in [2.24, 2.45) is 0 Å². The molecule has 0 saturated carbocycles. The largest absolute Gasteiger partial charge is 0.361 e. The van der Waals surface area contributed by atoms with E-state index in [9.17, 15) is 4.79 Å². The molecule has 0 radical (unpaired) electrons. The highest BCUT2D eigenvalue weighted by Crippen LogP contribution is 2.36. The number of amides is 1. The second kappa shape index (κ2) is 4.73. The summed E-state index contributed by atoms with van der Waals surface area (Å²) in [7, 11) is 0. The Balaban J connectivity index is 1.76. The van der Waals surface area contributed by atoms with E-state index < -0.39 is 0 Å². The first-order valence-corrected chi connectivity index (χ1v) is 7.03. The molecule has 0 unspecified atom stereocenters. The molecule has 0 aliphatic carbocycles. The fourth-order valence-electron chi connectivity index (χ4n) is 2.63. The Kier molecular flexibility index (Phi) is 2.72. The molecule has 22 heavy (non-hydrogen) atoms. The van der Waals surface area contributed by atoms with Gasteiger partial charge in [-0.2, -0.15) is 0 Å². The van der Waals surface area contributed by atoms with Gasteiger partial charge in [0.25, 0.3) is 5.91 Å². The normalized spacial score (nSPS) is 15.1. The lowest BCUT2D eigenvalue weighted by atomic mass is 10.1. The number of rotatable bonds is 2. The van der Waals surface area contributed by atoms with Gasteiger partial charge in [0, 0.05) is 17.5 Å². The zero-order valence-electron chi connectivity index (χ0n) is 12.0. The minimum absolute atomic E-state index is 0.120. The fraction of sp³-hybridized carbons (Fsp3) is 0.0588. The van der Waals surface area contributed by atoms with Gasteiger partial charge in [0.1, 0.15) is 0 Å². The Morgan fingerprint density at radius 3 is 2.77 bits per heavy atom. The standard InChI is InChI=1S/C17H14N4O/c1-10-2-4-11(5-3-10)18-8-12-15-13(21-17(12)22)6-7-14-16(15)20-9-19-14/h2-9,18H,1H3,(H,19,20)(H,21,22). The number of anilines is 2. The van der Waals surface area contributed by atoms with Crippen LogP contribution in [0.2, 0.25) is 0 Å². The molecule has 108 valence electrons. The van der Waals surface area contributed by atoms with Crippen LogP contribution < -0.4 is 10.6 Å². The highest BCUT2D eigenvalue weighted by Gasteiger charge is 2.27. The Hall–Kier alpha value is -3.08. The Labute approximate surface area is 127 Å². The lowest BCUT2D eigenvalue weighted by Crippen LogP contribution is -2.05. The Morgan fingerprint density at radius 2 is 1.95 bits per heavy atom. The molecular formula is C17H14N4O. The maximum absolute atomic E-state index is 12.2. The highest BCUT2D eigenvalue weighted by atomic mass is 16.2. The molecule has 5 nitrogen and oxygen atoms in total. The number of hydrogen-bond donors (Lipinski definition) is 3. The molecule has 1 aromatic heterocycles. The van der Waals surface area contributed by atoms with Crippen LogP contribution >= 0.6 is 0 Å². The van der Waals surface area contributed by atoms with Gasteiger partial charge < -0.3 is 15.6 Å². The zero-order valence-corrected chi connectivity index (χ0v) is 12.0. The number of aromatic nitrogens is 2. The molecule has 0 spiro atoms. The van der Waals surface area contributed by atoms with Gasteiger partial charge in [0.05, 0.1) is 28.6 Å². The van der Waals surface area contributed by atoms with Crippen molar-refractivity contribution in [3.63, 3.8) is 0 Å². The lowest BCUT2D eigenvalue weighted by Gasteiger charge is -2.03. The Morgan fingerprint density at radius 1 is 1.14 bits per heavy atom. The molecule has 2 heterocycles. The third kappa shape index (κ3) is 1.95. The van der Waals surface area contributed by atoms with Gasteiger partial charge in [0.15, 0.2) is 0 Å². The summed E-state index contributed by atoms with van der Waals surface area (Å²) in [6.45, 7) is 2.04. The van der Waals surface area contributed by atoms with Crippen LogP contribution in [0.5, 0.6) is 0 Å². The van der Waals surface area contributed by atoms with E-state index in [2.05, 4.69) is 20.6 Å². The summed E-state index contributed by atoms with van der Waals surface area (Å²) in [5.41, 5.74) is 6.07. The SMILES string of the molecule is Cc1ccc(NC=C2C(=O)Nc3ccc4[nH]cnc4c32)cc1. The van der Waals surface area contributed by atoms with Crippen LogP contribution in [-0.4, -0.2) is 15.9 Å². The molecule has 4 rings (SSSR count). The van der Waals surface area contributed by atoms with Gasteiger partial charge in [-0.25, -0.2) is 4.98 Å². The van der Waals surface area contributed by atoms with E-state index >= 15 is 0 Å². The zero-order chi connectivity index (χ0) is 15.1. The predicted octanol–water partition coefficient (Wildman–Crippen LogP) is 3.28. The number of imidazole rings is 1. The molecule has 0 atom stereocenters. The summed E-state index contributed by atoms with van der Waals surface area (Å²) < 4.78 is 0. The summed E-state index contributed by atoms with van der Waals surface area (Å²) in [6.07, 6.45) is 3.37. The van der Waals surface area contributed by atoms with Crippen molar-refractivity contribution >= 4 is 33.9 Å². The maximum atomic E-state index is 12.2. The van der Waals surface area contributed by atoms with Gasteiger partial charge in [-0.05, 0) is 31.2 Å². The third-order valence-electron chi connectivity index (χ3n) is 3.79. The van der Waals surface area contributed by atoms with Gasteiger partial charge in [0.2, 0.25) is 0 Å². The fourth-order valence-corrected chi connectivity index (χ4v) is 2.63. The van der Waals surface area contributed by atoms with Crippen LogP contribution in [0.1, 0.15) is 11.1 Å². The van der Waals surface area contributed by atoms with Crippen LogP contribution in [0.4, 0.5) is 11.4 Å². The number of carbonyl (C=O) groups is 1. The molecule has 2 aromatic carbocycles. The van der Waals surface area contributed by atoms with Gasteiger partial charge in [-0.1, -0.05) is 17.7 Å². The second-order valence-electron chi connectivity index (χ2n) is 5.31. The highest BCUT2D eigenvalue weighted by molar-refractivity contribution is 6.34. The summed E-state index contributed by atoms with van der Waals surface area (Å²) in [6, 6.07) is 11.8. The van der Waals surface area contributed by atoms with E-state index in [-0.39, 0.29) is 5.91 Å². The monoisotopic (exact) mass is 290 g/mol. The van der Waals surface area contributed by atoms with Crippen molar-refractivity contribution < 1.29 is 4.79 Å². The van der Waals surface area contributed by atoms with Crippen LogP contribution in [0.15, 0.2) is 48.9 Å². The number of carbonyl (C=O) groups excluding carboxylic acids is 1. The number of benzene rings is 2. The molecule has 1 amide bonds. The van der Waals surface area contributed by atoms with E-state index in [1.54, 1.807) is 12.5 Å². The maximum Gasteiger partial charge on any atom is 0.257 e. The van der Waals surface area contributed by atoms with Crippen LogP contribution in [-0.2, 0) is 4.79 Å². The van der Waals surface area contributed by atoms with E-state index in [0.717, 1.165) is 28.0 Å². The number of fused-ring (bicyclic) bond motifs is 3. The van der Waals surface area contributed by atoms with Crippen molar-refractivity contribution in [1.29, 1.82) is 0 Å². The smallest absolute Gasteiger partial charge is 0.257 e. The van der Waals surface area contributed by atoms with E-state index in [0.29, 0.717) is 5.57 Å². The Bertz CT molecular complexity index is 906. The van der Waals surface area contributed by atoms with E-state index in [1.807, 2.05) is 43.3 Å². The average molecular weight is 290 g/mol. The number of nitrogens with one attached hydrogen (secondary N) is 3. The van der Waals surface area contributed by atoms with Crippen LogP contribution in [0.3, 0.4) is 0 Å². The molecule has 3 N–H and O–H groups in total.